The molecule has 28 heavy (non-hydrogen) atoms. The number of ether oxygens (including phenoxy) is 2. The van der Waals surface area contributed by atoms with E-state index in [2.05, 4.69) is 41.4 Å². The zero-order chi connectivity index (χ0) is 19.1. The van der Waals surface area contributed by atoms with Crippen molar-refractivity contribution in [2.75, 3.05) is 13.1 Å². The molecule has 0 aliphatic carbocycles. The molecule has 0 bridgehead atoms. The number of para-hydroxylation sites is 1. The SMILES string of the molecule is CC(=O)N1CCC2(CC1)OCc1cc(-c3cccc4cccnc34)ccc1O2. The fraction of sp³-hybridized carbons (Fsp3) is 0.304. The molecule has 1 spiro atoms. The van der Waals surface area contributed by atoms with E-state index in [1.807, 2.05) is 23.2 Å². The number of nitrogens with zero attached hydrogens (tertiary/aromatic N) is 2. The van der Waals surface area contributed by atoms with Crippen LogP contribution in [0.3, 0.4) is 0 Å². The molecular formula is C23H22N2O3. The molecule has 1 fully saturated rings. The molecule has 0 unspecified atom stereocenters. The highest BCUT2D eigenvalue weighted by molar-refractivity contribution is 5.93. The normalized spacial score (nSPS) is 18.0. The van der Waals surface area contributed by atoms with Gasteiger partial charge in [-0.2, -0.15) is 0 Å². The van der Waals surface area contributed by atoms with Crippen LogP contribution < -0.4 is 4.74 Å². The molecule has 0 N–H and O–H groups in total. The number of pyridine rings is 1. The highest BCUT2D eigenvalue weighted by Gasteiger charge is 2.41. The van der Waals surface area contributed by atoms with Gasteiger partial charge < -0.3 is 14.4 Å². The summed E-state index contributed by atoms with van der Waals surface area (Å²) in [5.41, 5.74) is 4.26. The van der Waals surface area contributed by atoms with Crippen molar-refractivity contribution >= 4 is 16.8 Å². The minimum Gasteiger partial charge on any atom is -0.462 e. The van der Waals surface area contributed by atoms with E-state index in [0.717, 1.165) is 33.3 Å². The Kier molecular flexibility index (Phi) is 4.05. The number of hydrogen-bond donors (Lipinski definition) is 0. The van der Waals surface area contributed by atoms with E-state index in [9.17, 15) is 4.79 Å². The monoisotopic (exact) mass is 374 g/mol. The fourth-order valence-corrected chi connectivity index (χ4v) is 4.14. The average molecular weight is 374 g/mol. The second kappa shape index (κ2) is 6.60. The lowest BCUT2D eigenvalue weighted by atomic mass is 9.98. The maximum atomic E-state index is 11.6. The van der Waals surface area contributed by atoms with E-state index in [4.69, 9.17) is 9.47 Å². The lowest BCUT2D eigenvalue weighted by molar-refractivity contribution is -0.227. The van der Waals surface area contributed by atoms with Crippen molar-refractivity contribution in [3.8, 4) is 16.9 Å². The summed E-state index contributed by atoms with van der Waals surface area (Å²) >= 11 is 0. The second-order valence-corrected chi connectivity index (χ2v) is 7.51. The van der Waals surface area contributed by atoms with Gasteiger partial charge in [-0.25, -0.2) is 0 Å². The van der Waals surface area contributed by atoms with Gasteiger partial charge in [0.15, 0.2) is 0 Å². The summed E-state index contributed by atoms with van der Waals surface area (Å²) in [4.78, 5) is 18.0. The first-order valence-corrected chi connectivity index (χ1v) is 9.69. The zero-order valence-corrected chi connectivity index (χ0v) is 15.9. The maximum absolute atomic E-state index is 11.6. The Bertz CT molecular complexity index is 1050. The number of rotatable bonds is 1. The molecule has 3 heterocycles. The van der Waals surface area contributed by atoms with Crippen molar-refractivity contribution in [2.45, 2.75) is 32.2 Å². The van der Waals surface area contributed by atoms with Gasteiger partial charge in [0, 0.05) is 55.6 Å². The molecule has 0 atom stereocenters. The van der Waals surface area contributed by atoms with E-state index in [0.29, 0.717) is 32.5 Å². The van der Waals surface area contributed by atoms with Crippen LogP contribution in [-0.2, 0) is 16.1 Å². The first-order valence-electron chi connectivity index (χ1n) is 9.69. The summed E-state index contributed by atoms with van der Waals surface area (Å²) in [6.45, 7) is 3.47. The molecule has 1 amide bonds. The van der Waals surface area contributed by atoms with Gasteiger partial charge in [0.2, 0.25) is 11.7 Å². The van der Waals surface area contributed by atoms with Gasteiger partial charge in [0.05, 0.1) is 12.1 Å². The molecule has 5 nitrogen and oxygen atoms in total. The number of fused-ring (bicyclic) bond motifs is 2. The van der Waals surface area contributed by atoms with E-state index in [-0.39, 0.29) is 5.91 Å². The summed E-state index contributed by atoms with van der Waals surface area (Å²) < 4.78 is 12.5. The van der Waals surface area contributed by atoms with Gasteiger partial charge >= 0.3 is 0 Å². The number of carbonyl (C=O) groups excluding carboxylic acids is 1. The van der Waals surface area contributed by atoms with Crippen molar-refractivity contribution in [1.29, 1.82) is 0 Å². The summed E-state index contributed by atoms with van der Waals surface area (Å²) in [6.07, 6.45) is 3.22. The van der Waals surface area contributed by atoms with Gasteiger partial charge in [0.25, 0.3) is 0 Å². The van der Waals surface area contributed by atoms with Crippen LogP contribution in [0.15, 0.2) is 54.7 Å². The smallest absolute Gasteiger partial charge is 0.219 e. The largest absolute Gasteiger partial charge is 0.462 e. The molecule has 2 aliphatic rings. The lowest BCUT2D eigenvalue weighted by Crippen LogP contribution is -2.52. The highest BCUT2D eigenvalue weighted by atomic mass is 16.7. The Morgan fingerprint density at radius 1 is 1.11 bits per heavy atom. The van der Waals surface area contributed by atoms with E-state index in [1.165, 1.54) is 0 Å². The topological polar surface area (TPSA) is 51.7 Å². The maximum Gasteiger partial charge on any atom is 0.219 e. The average Bonchev–Trinajstić information content (AvgIpc) is 2.73. The number of aromatic nitrogens is 1. The summed E-state index contributed by atoms with van der Waals surface area (Å²) in [5.74, 6) is 0.375. The van der Waals surface area contributed by atoms with Crippen LogP contribution in [-0.4, -0.2) is 34.7 Å². The third-order valence-electron chi connectivity index (χ3n) is 5.76. The van der Waals surface area contributed by atoms with Crippen molar-refractivity contribution in [3.63, 3.8) is 0 Å². The van der Waals surface area contributed by atoms with Gasteiger partial charge in [-0.3, -0.25) is 9.78 Å². The number of amides is 1. The highest BCUT2D eigenvalue weighted by Crippen LogP contribution is 2.39. The summed E-state index contributed by atoms with van der Waals surface area (Å²) in [7, 11) is 0. The second-order valence-electron chi connectivity index (χ2n) is 7.51. The van der Waals surface area contributed by atoms with E-state index >= 15 is 0 Å². The van der Waals surface area contributed by atoms with Crippen LogP contribution in [0.2, 0.25) is 0 Å². The predicted molar refractivity (Wildman–Crippen MR) is 107 cm³/mol. The first kappa shape index (κ1) is 17.2. The lowest BCUT2D eigenvalue weighted by Gasteiger charge is -2.43. The molecule has 2 aliphatic heterocycles. The van der Waals surface area contributed by atoms with Gasteiger partial charge in [-0.05, 0) is 23.8 Å². The van der Waals surface area contributed by atoms with Crippen molar-refractivity contribution < 1.29 is 14.3 Å². The molecule has 3 aromatic rings. The number of piperidine rings is 1. The minimum atomic E-state index is -0.610. The molecular weight excluding hydrogens is 352 g/mol. The Labute approximate surface area is 163 Å². The Morgan fingerprint density at radius 2 is 1.93 bits per heavy atom. The van der Waals surface area contributed by atoms with Gasteiger partial charge in [-0.15, -0.1) is 0 Å². The molecule has 2 aromatic carbocycles. The molecule has 5 rings (SSSR count). The number of carbonyl (C=O) groups is 1. The third-order valence-corrected chi connectivity index (χ3v) is 5.76. The summed E-state index contributed by atoms with van der Waals surface area (Å²) in [5, 5.41) is 1.13. The van der Waals surface area contributed by atoms with Crippen LogP contribution in [0.1, 0.15) is 25.3 Å². The Morgan fingerprint density at radius 3 is 2.75 bits per heavy atom. The standard InChI is InChI=1S/C23H22N2O3/c1-16(26)25-12-9-23(10-13-25)27-15-19-14-18(7-8-21(19)28-23)20-6-2-4-17-5-3-11-24-22(17)20/h2-8,11,14H,9-10,12-13,15H2,1H3. The van der Waals surface area contributed by atoms with E-state index < -0.39 is 5.79 Å². The van der Waals surface area contributed by atoms with Crippen LogP contribution in [0, 0.1) is 0 Å². The molecule has 0 saturated carbocycles. The van der Waals surface area contributed by atoms with Gasteiger partial charge in [-0.1, -0.05) is 30.3 Å². The number of likely N-dealkylation sites (tertiary alicyclic amines) is 1. The van der Waals surface area contributed by atoms with Crippen molar-refractivity contribution in [3.05, 3.63) is 60.3 Å². The molecule has 0 radical (unpaired) electrons. The number of hydrogen-bond acceptors (Lipinski definition) is 4. The fourth-order valence-electron chi connectivity index (χ4n) is 4.14. The van der Waals surface area contributed by atoms with Crippen LogP contribution in [0.25, 0.3) is 22.0 Å². The van der Waals surface area contributed by atoms with Gasteiger partial charge in [0.1, 0.15) is 5.75 Å². The Hall–Kier alpha value is -2.92. The third kappa shape index (κ3) is 2.92. The van der Waals surface area contributed by atoms with Crippen molar-refractivity contribution in [2.24, 2.45) is 0 Å². The summed E-state index contributed by atoms with van der Waals surface area (Å²) in [6, 6.07) is 16.5. The van der Waals surface area contributed by atoms with Crippen LogP contribution in [0.4, 0.5) is 0 Å². The van der Waals surface area contributed by atoms with Crippen molar-refractivity contribution in [1.82, 2.24) is 9.88 Å². The number of benzene rings is 2. The predicted octanol–water partition coefficient (Wildman–Crippen LogP) is 4.15. The van der Waals surface area contributed by atoms with Crippen LogP contribution >= 0.6 is 0 Å². The molecule has 1 aromatic heterocycles. The zero-order valence-electron chi connectivity index (χ0n) is 15.9. The first-order chi connectivity index (χ1) is 13.6. The van der Waals surface area contributed by atoms with E-state index in [1.54, 1.807) is 6.92 Å². The molecule has 1 saturated heterocycles. The quantitative estimate of drug-likeness (QED) is 0.642. The molecule has 5 heteroatoms. The molecule has 142 valence electrons. The minimum absolute atomic E-state index is 0.111. The Balaban J connectivity index is 1.43. The van der Waals surface area contributed by atoms with Crippen LogP contribution in [0.5, 0.6) is 5.75 Å².